The van der Waals surface area contributed by atoms with E-state index in [9.17, 15) is 14.4 Å². The summed E-state index contributed by atoms with van der Waals surface area (Å²) in [6, 6.07) is -3.13. The Bertz CT molecular complexity index is 281. The van der Waals surface area contributed by atoms with Crippen molar-refractivity contribution in [3.8, 4) is 0 Å². The van der Waals surface area contributed by atoms with Gasteiger partial charge in [0, 0.05) is 0 Å². The Morgan fingerprint density at radius 2 is 1.50 bits per heavy atom. The van der Waals surface area contributed by atoms with Crippen molar-refractivity contribution in [2.24, 2.45) is 5.73 Å². The average Bonchev–Trinajstić information content (AvgIpc) is 2.21. The van der Waals surface area contributed by atoms with Gasteiger partial charge in [-0.15, -0.1) is 0 Å². The Morgan fingerprint density at radius 1 is 1.00 bits per heavy atom. The molecular weight excluding hydrogens is 248 g/mol. The van der Waals surface area contributed by atoms with E-state index in [0.717, 1.165) is 0 Å². The Morgan fingerprint density at radius 3 is 1.83 bits per heavy atom. The van der Waals surface area contributed by atoms with Crippen molar-refractivity contribution in [1.82, 2.24) is 5.32 Å². The molecule has 0 aliphatic heterocycles. The molecule has 0 heterocycles. The number of hydrogen-bond donors (Lipinski definition) is 5. The lowest BCUT2D eigenvalue weighted by Gasteiger charge is -2.17. The van der Waals surface area contributed by atoms with Crippen LogP contribution in [0.5, 0.6) is 0 Å². The molecule has 9 nitrogen and oxygen atoms in total. The Balaban J connectivity index is 0. The van der Waals surface area contributed by atoms with Crippen molar-refractivity contribution in [2.75, 3.05) is 6.54 Å². The summed E-state index contributed by atoms with van der Waals surface area (Å²) >= 11 is 0. The number of nitrogens with two attached hydrogens (primary N) is 1. The van der Waals surface area contributed by atoms with Crippen molar-refractivity contribution in [2.45, 2.75) is 31.3 Å². The predicted octanol–water partition coefficient (Wildman–Crippen LogP) is -2.13. The first-order chi connectivity index (χ1) is 7.90. The molecule has 0 aliphatic rings. The van der Waals surface area contributed by atoms with Gasteiger partial charge in [0.05, 0.1) is 0 Å². The van der Waals surface area contributed by atoms with Crippen LogP contribution in [-0.4, -0.2) is 57.3 Å². The minimum atomic E-state index is -1.92. The van der Waals surface area contributed by atoms with E-state index in [1.165, 1.54) is 0 Å². The van der Waals surface area contributed by atoms with Crippen LogP contribution >= 0.6 is 0 Å². The third-order valence-corrected chi connectivity index (χ3v) is 2.11. The van der Waals surface area contributed by atoms with Crippen LogP contribution in [0.3, 0.4) is 0 Å². The zero-order valence-corrected chi connectivity index (χ0v) is 9.63. The highest BCUT2D eigenvalue weighted by atomic mass is 16.4. The maximum atomic E-state index is 10.8. The summed E-state index contributed by atoms with van der Waals surface area (Å²) in [6.45, 7) is 0.396. The molecule has 0 saturated heterocycles. The number of hydrogen-bond acceptors (Lipinski definition) is 5. The summed E-state index contributed by atoms with van der Waals surface area (Å²) in [7, 11) is 0. The summed E-state index contributed by atoms with van der Waals surface area (Å²) in [5, 5.41) is 28.1. The summed E-state index contributed by atoms with van der Waals surface area (Å²) < 4.78 is 0. The molecule has 0 aromatic carbocycles. The van der Waals surface area contributed by atoms with E-state index in [2.05, 4.69) is 5.32 Å². The van der Waals surface area contributed by atoms with E-state index in [1.54, 1.807) is 0 Å². The lowest BCUT2D eigenvalue weighted by molar-refractivity contribution is -0.152. The Kier molecular flexibility index (Phi) is 9.67. The van der Waals surface area contributed by atoms with Crippen LogP contribution in [0.2, 0.25) is 0 Å². The second kappa shape index (κ2) is 9.33. The second-order valence-electron chi connectivity index (χ2n) is 3.45. The summed E-state index contributed by atoms with van der Waals surface area (Å²) in [6.07, 6.45) is 1.20. The van der Waals surface area contributed by atoms with E-state index in [-0.39, 0.29) is 11.9 Å². The molecule has 0 unspecified atom stereocenters. The smallest absolute Gasteiger partial charge is 0.332 e. The van der Waals surface area contributed by atoms with Gasteiger partial charge in [-0.05, 0) is 19.4 Å². The van der Waals surface area contributed by atoms with E-state index in [4.69, 9.17) is 21.1 Å². The molecule has 0 aliphatic carbocycles. The Labute approximate surface area is 103 Å². The summed E-state index contributed by atoms with van der Waals surface area (Å²) in [5.74, 6) is -4.53. The van der Waals surface area contributed by atoms with Crippen molar-refractivity contribution in [3.05, 3.63) is 0 Å². The van der Waals surface area contributed by atoms with Gasteiger partial charge < -0.3 is 26.5 Å². The highest BCUT2D eigenvalue weighted by molar-refractivity contribution is 5.97. The van der Waals surface area contributed by atoms with Gasteiger partial charge in [-0.1, -0.05) is 6.42 Å². The summed E-state index contributed by atoms with van der Waals surface area (Å²) in [5.41, 5.74) is 5.23. The molecule has 106 valence electrons. The molecule has 0 aromatic heterocycles. The van der Waals surface area contributed by atoms with Crippen LogP contribution in [-0.2, 0) is 14.4 Å². The molecule has 18 heavy (non-hydrogen) atoms. The van der Waals surface area contributed by atoms with Crippen LogP contribution in [0, 0.1) is 0 Å². The monoisotopic (exact) mass is 266 g/mol. The maximum absolute atomic E-state index is 10.8. The van der Waals surface area contributed by atoms with Gasteiger partial charge in [-0.3, -0.25) is 10.1 Å². The molecule has 0 radical (unpaired) electrons. The first-order valence-electron chi connectivity index (χ1n) is 5.04. The van der Waals surface area contributed by atoms with Gasteiger partial charge in [0.2, 0.25) is 6.04 Å². The molecule has 0 aromatic rings. The van der Waals surface area contributed by atoms with Gasteiger partial charge in [0.1, 0.15) is 6.04 Å². The molecule has 0 fully saturated rings. The normalized spacial score (nSPS) is 11.7. The number of carboxylic acids is 3. The third kappa shape index (κ3) is 6.78. The number of nitrogens with one attached hydrogen (secondary N) is 1. The maximum Gasteiger partial charge on any atom is 0.332 e. The van der Waals surface area contributed by atoms with Crippen LogP contribution in [0.1, 0.15) is 19.3 Å². The molecule has 8 N–H and O–H groups in total. The van der Waals surface area contributed by atoms with Gasteiger partial charge >= 0.3 is 17.9 Å². The van der Waals surface area contributed by atoms with Crippen LogP contribution < -0.4 is 11.1 Å². The van der Waals surface area contributed by atoms with Crippen molar-refractivity contribution >= 4 is 17.9 Å². The van der Waals surface area contributed by atoms with Gasteiger partial charge in [0.15, 0.2) is 0 Å². The van der Waals surface area contributed by atoms with E-state index in [0.29, 0.717) is 19.4 Å². The molecule has 0 amide bonds. The molecule has 0 saturated carbocycles. The zero-order chi connectivity index (χ0) is 13.4. The first-order valence-corrected chi connectivity index (χ1v) is 5.04. The second-order valence-corrected chi connectivity index (χ2v) is 3.45. The SMILES string of the molecule is NCCCC[C@H](NC(C(=O)O)C(=O)O)C(=O)O.O. The molecule has 1 atom stereocenters. The van der Waals surface area contributed by atoms with E-state index in [1.807, 2.05) is 0 Å². The van der Waals surface area contributed by atoms with Crippen LogP contribution in [0.4, 0.5) is 0 Å². The number of rotatable bonds is 9. The molecular formula is C9H18N2O7. The zero-order valence-electron chi connectivity index (χ0n) is 9.63. The van der Waals surface area contributed by atoms with E-state index < -0.39 is 30.0 Å². The number of carboxylic acid groups (broad SMARTS) is 3. The highest BCUT2D eigenvalue weighted by Gasteiger charge is 2.30. The van der Waals surface area contributed by atoms with Gasteiger partial charge in [-0.25, -0.2) is 9.59 Å². The Hall–Kier alpha value is -1.71. The highest BCUT2D eigenvalue weighted by Crippen LogP contribution is 2.02. The first kappa shape index (κ1) is 18.6. The average molecular weight is 266 g/mol. The van der Waals surface area contributed by atoms with Crippen molar-refractivity contribution in [3.63, 3.8) is 0 Å². The fourth-order valence-electron chi connectivity index (χ4n) is 1.22. The standard InChI is InChI=1S/C9H16N2O6.H2O/c10-4-2-1-3-5(7(12)13)11-6(8(14)15)9(16)17;/h5-6,11H,1-4,10H2,(H,12,13)(H,14,15)(H,16,17);1H2/t5-;/m0./s1. The molecule has 0 spiro atoms. The minimum Gasteiger partial charge on any atom is -0.480 e. The summed E-state index contributed by atoms with van der Waals surface area (Å²) in [4.78, 5) is 31.9. The molecule has 0 rings (SSSR count). The van der Waals surface area contributed by atoms with Crippen molar-refractivity contribution in [1.29, 1.82) is 0 Å². The quantitative estimate of drug-likeness (QED) is 0.231. The van der Waals surface area contributed by atoms with Gasteiger partial charge in [0.25, 0.3) is 0 Å². The van der Waals surface area contributed by atoms with Crippen LogP contribution in [0.25, 0.3) is 0 Å². The minimum absolute atomic E-state index is 0. The lowest BCUT2D eigenvalue weighted by atomic mass is 10.1. The number of aliphatic carboxylic acids is 3. The van der Waals surface area contributed by atoms with Crippen molar-refractivity contribution < 1.29 is 35.2 Å². The van der Waals surface area contributed by atoms with Crippen LogP contribution in [0.15, 0.2) is 0 Å². The predicted molar refractivity (Wildman–Crippen MR) is 60.1 cm³/mol. The van der Waals surface area contributed by atoms with Gasteiger partial charge in [-0.2, -0.15) is 0 Å². The fraction of sp³-hybridized carbons (Fsp3) is 0.667. The number of unbranched alkanes of at least 4 members (excludes halogenated alkanes) is 1. The largest absolute Gasteiger partial charge is 0.480 e. The fourth-order valence-corrected chi connectivity index (χ4v) is 1.22. The number of carbonyl (C=O) groups is 3. The topological polar surface area (TPSA) is 181 Å². The lowest BCUT2D eigenvalue weighted by Crippen LogP contribution is -2.51. The molecule has 0 bridgehead atoms. The third-order valence-electron chi connectivity index (χ3n) is 2.11. The van der Waals surface area contributed by atoms with E-state index >= 15 is 0 Å². The molecule has 9 heteroatoms.